The van der Waals surface area contributed by atoms with Crippen molar-refractivity contribution in [2.75, 3.05) is 13.6 Å². The van der Waals surface area contributed by atoms with Gasteiger partial charge in [0.05, 0.1) is 0 Å². The van der Waals surface area contributed by atoms with Crippen LogP contribution in [0.4, 0.5) is 0 Å². The number of nitrogens with zero attached hydrogens (tertiary/aromatic N) is 1. The fraction of sp³-hybridized carbons (Fsp3) is 0.533. The number of carboxylic acids is 1. The van der Waals surface area contributed by atoms with Crippen molar-refractivity contribution in [3.8, 4) is 0 Å². The number of aliphatic carboxylic acids is 1. The summed E-state index contributed by atoms with van der Waals surface area (Å²) in [6.07, 6.45) is 0.992. The van der Waals surface area contributed by atoms with Crippen LogP contribution in [0, 0.1) is 5.92 Å². The zero-order valence-electron chi connectivity index (χ0n) is 11.7. The van der Waals surface area contributed by atoms with Gasteiger partial charge >= 0.3 is 5.97 Å². The SMILES string of the molecule is CC(C)CCN(C)C(C)(C(=O)O)c1ccccc1. The molecule has 0 aliphatic carbocycles. The maximum Gasteiger partial charge on any atom is 0.328 e. The van der Waals surface area contributed by atoms with Gasteiger partial charge in [-0.05, 0) is 38.4 Å². The Balaban J connectivity index is 2.97. The van der Waals surface area contributed by atoms with Crippen molar-refractivity contribution in [1.29, 1.82) is 0 Å². The van der Waals surface area contributed by atoms with Crippen LogP contribution in [0.3, 0.4) is 0 Å². The van der Waals surface area contributed by atoms with Gasteiger partial charge in [-0.15, -0.1) is 0 Å². The maximum absolute atomic E-state index is 11.7. The fourth-order valence-corrected chi connectivity index (χ4v) is 1.95. The quantitative estimate of drug-likeness (QED) is 0.842. The highest BCUT2D eigenvalue weighted by Gasteiger charge is 2.39. The molecule has 0 radical (unpaired) electrons. The Hall–Kier alpha value is -1.35. The molecule has 0 spiro atoms. The summed E-state index contributed by atoms with van der Waals surface area (Å²) in [5, 5.41) is 9.58. The molecule has 1 unspecified atom stereocenters. The molecule has 0 aliphatic rings. The number of hydrogen-bond donors (Lipinski definition) is 1. The first kappa shape index (κ1) is 14.7. The molecular formula is C15H23NO2. The van der Waals surface area contributed by atoms with E-state index in [1.807, 2.05) is 42.3 Å². The summed E-state index contributed by atoms with van der Waals surface area (Å²) in [4.78, 5) is 13.6. The predicted molar refractivity (Wildman–Crippen MR) is 73.5 cm³/mol. The summed E-state index contributed by atoms with van der Waals surface area (Å²) in [5.74, 6) is -0.235. The van der Waals surface area contributed by atoms with Crippen LogP contribution in [-0.2, 0) is 10.3 Å². The molecular weight excluding hydrogens is 226 g/mol. The second-order valence-electron chi connectivity index (χ2n) is 5.35. The number of carbonyl (C=O) groups is 1. The van der Waals surface area contributed by atoms with Crippen LogP contribution >= 0.6 is 0 Å². The van der Waals surface area contributed by atoms with E-state index in [0.29, 0.717) is 5.92 Å². The van der Waals surface area contributed by atoms with Crippen molar-refractivity contribution in [2.24, 2.45) is 5.92 Å². The lowest BCUT2D eigenvalue weighted by atomic mass is 9.90. The molecule has 0 heterocycles. The number of rotatable bonds is 6. The van der Waals surface area contributed by atoms with E-state index < -0.39 is 11.5 Å². The molecule has 1 rings (SSSR count). The van der Waals surface area contributed by atoms with Gasteiger partial charge in [0.25, 0.3) is 0 Å². The second kappa shape index (κ2) is 6.01. The van der Waals surface area contributed by atoms with Crippen molar-refractivity contribution in [1.82, 2.24) is 4.90 Å². The van der Waals surface area contributed by atoms with Crippen molar-refractivity contribution in [2.45, 2.75) is 32.7 Å². The van der Waals surface area contributed by atoms with E-state index in [4.69, 9.17) is 0 Å². The third-order valence-electron chi connectivity index (χ3n) is 3.56. The normalized spacial score (nSPS) is 14.8. The van der Waals surface area contributed by atoms with Crippen LogP contribution in [0.15, 0.2) is 30.3 Å². The topological polar surface area (TPSA) is 40.5 Å². The molecule has 0 saturated heterocycles. The van der Waals surface area contributed by atoms with Crippen molar-refractivity contribution < 1.29 is 9.90 Å². The molecule has 0 saturated carbocycles. The molecule has 1 aromatic carbocycles. The Morgan fingerprint density at radius 3 is 2.33 bits per heavy atom. The Kier molecular flexibility index (Phi) is 4.91. The molecule has 1 atom stereocenters. The highest BCUT2D eigenvalue weighted by molar-refractivity contribution is 5.80. The average molecular weight is 249 g/mol. The first-order valence-corrected chi connectivity index (χ1v) is 6.39. The Bertz CT molecular complexity index is 389. The van der Waals surface area contributed by atoms with Crippen LogP contribution in [0.1, 0.15) is 32.8 Å². The highest BCUT2D eigenvalue weighted by atomic mass is 16.4. The molecule has 18 heavy (non-hydrogen) atoms. The molecule has 0 bridgehead atoms. The molecule has 100 valence electrons. The van der Waals surface area contributed by atoms with E-state index >= 15 is 0 Å². The molecule has 0 fully saturated rings. The smallest absolute Gasteiger partial charge is 0.328 e. The molecule has 3 nitrogen and oxygen atoms in total. The van der Waals surface area contributed by atoms with Crippen molar-refractivity contribution >= 4 is 5.97 Å². The lowest BCUT2D eigenvalue weighted by molar-refractivity contribution is -0.150. The van der Waals surface area contributed by atoms with Crippen LogP contribution < -0.4 is 0 Å². The minimum atomic E-state index is -0.962. The lowest BCUT2D eigenvalue weighted by Gasteiger charge is -2.36. The Labute approximate surface area is 109 Å². The van der Waals surface area contributed by atoms with Crippen molar-refractivity contribution in [3.05, 3.63) is 35.9 Å². The summed E-state index contributed by atoms with van der Waals surface area (Å²) in [5.41, 5.74) is -0.139. The monoisotopic (exact) mass is 249 g/mol. The zero-order chi connectivity index (χ0) is 13.8. The van der Waals surface area contributed by atoms with E-state index in [2.05, 4.69) is 13.8 Å². The third-order valence-corrected chi connectivity index (χ3v) is 3.56. The van der Waals surface area contributed by atoms with Crippen LogP contribution in [0.5, 0.6) is 0 Å². The minimum Gasteiger partial charge on any atom is -0.480 e. The summed E-state index contributed by atoms with van der Waals surface area (Å²) < 4.78 is 0. The van der Waals surface area contributed by atoms with E-state index in [-0.39, 0.29) is 0 Å². The van der Waals surface area contributed by atoms with E-state index in [1.165, 1.54) is 0 Å². The summed E-state index contributed by atoms with van der Waals surface area (Å²) in [7, 11) is 1.88. The lowest BCUT2D eigenvalue weighted by Crippen LogP contribution is -2.48. The van der Waals surface area contributed by atoms with Gasteiger partial charge in [-0.2, -0.15) is 0 Å². The molecule has 1 N–H and O–H groups in total. The molecule has 3 heteroatoms. The van der Waals surface area contributed by atoms with E-state index in [9.17, 15) is 9.90 Å². The molecule has 0 aromatic heterocycles. The van der Waals surface area contributed by atoms with E-state index in [0.717, 1.165) is 18.5 Å². The second-order valence-corrected chi connectivity index (χ2v) is 5.35. The first-order valence-electron chi connectivity index (χ1n) is 6.39. The van der Waals surface area contributed by atoms with Gasteiger partial charge < -0.3 is 5.11 Å². The Morgan fingerprint density at radius 1 is 1.33 bits per heavy atom. The van der Waals surface area contributed by atoms with E-state index in [1.54, 1.807) is 6.92 Å². The zero-order valence-corrected chi connectivity index (χ0v) is 11.7. The van der Waals surface area contributed by atoms with Gasteiger partial charge in [0.2, 0.25) is 0 Å². The molecule has 0 amide bonds. The van der Waals surface area contributed by atoms with Gasteiger partial charge in [0.1, 0.15) is 5.54 Å². The van der Waals surface area contributed by atoms with Crippen LogP contribution in [0.25, 0.3) is 0 Å². The third kappa shape index (κ3) is 3.10. The van der Waals surface area contributed by atoms with Gasteiger partial charge in [0, 0.05) is 0 Å². The number of benzene rings is 1. The number of likely N-dealkylation sites (N-methyl/N-ethyl adjacent to an activating group) is 1. The van der Waals surface area contributed by atoms with Gasteiger partial charge in [-0.3, -0.25) is 4.90 Å². The predicted octanol–water partition coefficient (Wildman–Crippen LogP) is 2.96. The van der Waals surface area contributed by atoms with Gasteiger partial charge in [-0.25, -0.2) is 4.79 Å². The minimum absolute atomic E-state index is 0.571. The first-order chi connectivity index (χ1) is 8.39. The summed E-state index contributed by atoms with van der Waals surface area (Å²) in [6.45, 7) is 6.84. The largest absolute Gasteiger partial charge is 0.480 e. The maximum atomic E-state index is 11.7. The molecule has 0 aliphatic heterocycles. The van der Waals surface area contributed by atoms with Gasteiger partial charge in [0.15, 0.2) is 0 Å². The summed E-state index contributed by atoms with van der Waals surface area (Å²) >= 11 is 0. The van der Waals surface area contributed by atoms with Crippen LogP contribution in [-0.4, -0.2) is 29.6 Å². The highest BCUT2D eigenvalue weighted by Crippen LogP contribution is 2.28. The van der Waals surface area contributed by atoms with Crippen molar-refractivity contribution in [3.63, 3.8) is 0 Å². The van der Waals surface area contributed by atoms with Gasteiger partial charge in [-0.1, -0.05) is 44.2 Å². The average Bonchev–Trinajstić information content (AvgIpc) is 2.35. The summed E-state index contributed by atoms with van der Waals surface area (Å²) in [6, 6.07) is 9.42. The van der Waals surface area contributed by atoms with Crippen LogP contribution in [0.2, 0.25) is 0 Å². The standard InChI is InChI=1S/C15H23NO2/c1-12(2)10-11-16(4)15(3,14(17)18)13-8-6-5-7-9-13/h5-9,12H,10-11H2,1-4H3,(H,17,18). The Morgan fingerprint density at radius 2 is 1.89 bits per heavy atom. The number of carboxylic acid groups (broad SMARTS) is 1. The number of hydrogen-bond acceptors (Lipinski definition) is 2. The fourth-order valence-electron chi connectivity index (χ4n) is 1.95. The molecule has 1 aromatic rings.